The fourth-order valence-corrected chi connectivity index (χ4v) is 4.92. The van der Waals surface area contributed by atoms with Crippen molar-refractivity contribution in [1.29, 1.82) is 0 Å². The molecule has 4 rings (SSSR count). The molecule has 0 atom stereocenters. The maximum absolute atomic E-state index is 13.5. The lowest BCUT2D eigenvalue weighted by molar-refractivity contribution is -0.0379. The molecule has 7 heteroatoms. The zero-order chi connectivity index (χ0) is 20.2. The van der Waals surface area contributed by atoms with Crippen LogP contribution in [0.25, 0.3) is 15.9 Å². The second kappa shape index (κ2) is 6.72. The van der Waals surface area contributed by atoms with Crippen LogP contribution in [0.3, 0.4) is 0 Å². The van der Waals surface area contributed by atoms with E-state index in [0.29, 0.717) is 40.5 Å². The molecule has 5 nitrogen and oxygen atoms in total. The minimum Gasteiger partial charge on any atom is -0.370 e. The highest BCUT2D eigenvalue weighted by Crippen LogP contribution is 2.37. The van der Waals surface area contributed by atoms with Crippen LogP contribution >= 0.6 is 22.9 Å². The van der Waals surface area contributed by atoms with E-state index in [2.05, 4.69) is 6.58 Å². The number of fused-ring (bicyclic) bond motifs is 3. The molecule has 28 heavy (non-hydrogen) atoms. The van der Waals surface area contributed by atoms with Crippen LogP contribution in [0.2, 0.25) is 5.02 Å². The third-order valence-corrected chi connectivity index (χ3v) is 6.35. The van der Waals surface area contributed by atoms with Crippen molar-refractivity contribution in [2.45, 2.75) is 45.9 Å². The molecule has 3 heterocycles. The van der Waals surface area contributed by atoms with E-state index in [9.17, 15) is 9.59 Å². The van der Waals surface area contributed by atoms with Gasteiger partial charge in [-0.2, -0.15) is 0 Å². The molecule has 146 valence electrons. The van der Waals surface area contributed by atoms with Gasteiger partial charge in [0.05, 0.1) is 23.3 Å². The molecule has 0 N–H and O–H groups in total. The first-order valence-electron chi connectivity index (χ1n) is 9.02. The third kappa shape index (κ3) is 3.15. The summed E-state index contributed by atoms with van der Waals surface area (Å²) in [6, 6.07) is 6.73. The molecule has 3 aromatic rings. The number of hydrogen-bond acceptors (Lipinski definition) is 4. The molecule has 1 aliphatic heterocycles. The number of allylic oxidation sites excluding steroid dienone is 1. The normalized spacial score (nSPS) is 15.6. The van der Waals surface area contributed by atoms with Crippen LogP contribution in [0.4, 0.5) is 0 Å². The Morgan fingerprint density at radius 1 is 1.29 bits per heavy atom. The minimum atomic E-state index is -0.374. The summed E-state index contributed by atoms with van der Waals surface area (Å²) < 4.78 is 8.80. The standard InChI is InChI=1S/C21H21ClN2O3S/c1-12(2)10-23-19-17(15-9-21(3,4)27-11-16(15)28-19)18(25)24(20(23)26)14-7-5-13(22)6-8-14/h5-8H,1,9-11H2,2-4H3. The van der Waals surface area contributed by atoms with Gasteiger partial charge in [0.15, 0.2) is 0 Å². The van der Waals surface area contributed by atoms with Gasteiger partial charge in [0.2, 0.25) is 0 Å². The van der Waals surface area contributed by atoms with E-state index in [-0.39, 0.29) is 16.9 Å². The van der Waals surface area contributed by atoms with Gasteiger partial charge in [0.25, 0.3) is 5.56 Å². The molecule has 0 saturated carbocycles. The molecular formula is C21H21ClN2O3S. The Hall–Kier alpha value is -2.15. The minimum absolute atomic E-state index is 0.296. The Kier molecular flexibility index (Phi) is 4.61. The van der Waals surface area contributed by atoms with Crippen molar-refractivity contribution < 1.29 is 4.74 Å². The Morgan fingerprint density at radius 2 is 1.96 bits per heavy atom. The highest BCUT2D eigenvalue weighted by atomic mass is 35.5. The Labute approximate surface area is 171 Å². The first-order chi connectivity index (χ1) is 13.2. The molecule has 0 radical (unpaired) electrons. The summed E-state index contributed by atoms with van der Waals surface area (Å²) in [6.45, 7) is 10.7. The molecule has 0 saturated heterocycles. The van der Waals surface area contributed by atoms with E-state index in [4.69, 9.17) is 16.3 Å². The van der Waals surface area contributed by atoms with Crippen LogP contribution in [0.15, 0.2) is 46.0 Å². The number of benzene rings is 1. The molecule has 0 aliphatic carbocycles. The Bertz CT molecular complexity index is 1220. The number of rotatable bonds is 3. The largest absolute Gasteiger partial charge is 0.370 e. The molecule has 0 spiro atoms. The number of thiophene rings is 1. The van der Waals surface area contributed by atoms with Gasteiger partial charge in [-0.15, -0.1) is 11.3 Å². The predicted molar refractivity (Wildman–Crippen MR) is 114 cm³/mol. The van der Waals surface area contributed by atoms with Crippen LogP contribution < -0.4 is 11.2 Å². The van der Waals surface area contributed by atoms with Crippen molar-refractivity contribution in [2.24, 2.45) is 0 Å². The molecule has 0 fully saturated rings. The van der Waals surface area contributed by atoms with Gasteiger partial charge in [-0.05, 0) is 50.6 Å². The van der Waals surface area contributed by atoms with Gasteiger partial charge in [0.1, 0.15) is 4.83 Å². The summed E-state index contributed by atoms with van der Waals surface area (Å²) in [5.74, 6) is 0. The summed E-state index contributed by atoms with van der Waals surface area (Å²) >= 11 is 7.45. The van der Waals surface area contributed by atoms with Gasteiger partial charge in [-0.1, -0.05) is 23.8 Å². The summed E-state index contributed by atoms with van der Waals surface area (Å²) in [7, 11) is 0. The third-order valence-electron chi connectivity index (χ3n) is 4.87. The van der Waals surface area contributed by atoms with E-state index in [1.165, 1.54) is 15.9 Å². The molecule has 0 bridgehead atoms. The SMILES string of the molecule is C=C(C)Cn1c(=O)n(-c2ccc(Cl)cc2)c(=O)c2c3c(sc21)COC(C)(C)C3. The van der Waals surface area contributed by atoms with Gasteiger partial charge >= 0.3 is 5.69 Å². The van der Waals surface area contributed by atoms with E-state index >= 15 is 0 Å². The van der Waals surface area contributed by atoms with Crippen LogP contribution in [0, 0.1) is 0 Å². The number of hydrogen-bond donors (Lipinski definition) is 0. The van der Waals surface area contributed by atoms with E-state index < -0.39 is 0 Å². The van der Waals surface area contributed by atoms with Crippen molar-refractivity contribution in [1.82, 2.24) is 9.13 Å². The average molecular weight is 417 g/mol. The van der Waals surface area contributed by atoms with E-state index in [1.54, 1.807) is 28.8 Å². The van der Waals surface area contributed by atoms with Crippen LogP contribution in [0.5, 0.6) is 0 Å². The van der Waals surface area contributed by atoms with E-state index in [1.807, 2.05) is 20.8 Å². The van der Waals surface area contributed by atoms with Gasteiger partial charge in [-0.3, -0.25) is 9.36 Å². The van der Waals surface area contributed by atoms with Crippen LogP contribution in [0.1, 0.15) is 31.2 Å². The maximum Gasteiger partial charge on any atom is 0.337 e. The molecule has 0 amide bonds. The maximum atomic E-state index is 13.5. The molecular weight excluding hydrogens is 396 g/mol. The lowest BCUT2D eigenvalue weighted by Crippen LogP contribution is -2.39. The van der Waals surface area contributed by atoms with Crippen LogP contribution in [-0.2, 0) is 24.3 Å². The molecule has 1 aromatic carbocycles. The average Bonchev–Trinajstić information content (AvgIpc) is 2.97. The summed E-state index contributed by atoms with van der Waals surface area (Å²) in [5, 5.41) is 1.15. The highest BCUT2D eigenvalue weighted by molar-refractivity contribution is 7.18. The smallest absolute Gasteiger partial charge is 0.337 e. The second-order valence-corrected chi connectivity index (χ2v) is 9.37. The highest BCUT2D eigenvalue weighted by Gasteiger charge is 2.32. The fourth-order valence-electron chi connectivity index (χ4n) is 3.58. The summed E-state index contributed by atoms with van der Waals surface area (Å²) in [5.41, 5.74) is 1.31. The van der Waals surface area contributed by atoms with Crippen molar-refractivity contribution in [3.05, 3.63) is 72.7 Å². The van der Waals surface area contributed by atoms with Gasteiger partial charge in [0, 0.05) is 22.9 Å². The predicted octanol–water partition coefficient (Wildman–Crippen LogP) is 4.29. The number of aromatic nitrogens is 2. The lowest BCUT2D eigenvalue weighted by atomic mass is 9.94. The quantitative estimate of drug-likeness (QED) is 0.598. The molecule has 0 unspecified atom stereocenters. The first kappa shape index (κ1) is 19.2. The van der Waals surface area contributed by atoms with Crippen molar-refractivity contribution in [2.75, 3.05) is 0 Å². The number of ether oxygens (including phenoxy) is 1. The molecule has 2 aromatic heterocycles. The fraction of sp³-hybridized carbons (Fsp3) is 0.333. The van der Waals surface area contributed by atoms with Gasteiger partial charge in [-0.25, -0.2) is 9.36 Å². The number of halogens is 1. The van der Waals surface area contributed by atoms with Crippen molar-refractivity contribution in [3.63, 3.8) is 0 Å². The number of nitrogens with zero attached hydrogens (tertiary/aromatic N) is 2. The lowest BCUT2D eigenvalue weighted by Gasteiger charge is -2.29. The van der Waals surface area contributed by atoms with Crippen molar-refractivity contribution in [3.8, 4) is 5.69 Å². The second-order valence-electron chi connectivity index (χ2n) is 7.85. The first-order valence-corrected chi connectivity index (χ1v) is 10.2. The summed E-state index contributed by atoms with van der Waals surface area (Å²) in [6.07, 6.45) is 0.628. The van der Waals surface area contributed by atoms with E-state index in [0.717, 1.165) is 16.0 Å². The Balaban J connectivity index is 2.11. The zero-order valence-electron chi connectivity index (χ0n) is 16.0. The van der Waals surface area contributed by atoms with Crippen LogP contribution in [-0.4, -0.2) is 14.7 Å². The van der Waals surface area contributed by atoms with Gasteiger partial charge < -0.3 is 4.74 Å². The topological polar surface area (TPSA) is 53.2 Å². The summed E-state index contributed by atoms with van der Waals surface area (Å²) in [4.78, 5) is 28.5. The van der Waals surface area contributed by atoms with Crippen molar-refractivity contribution >= 4 is 33.2 Å². The zero-order valence-corrected chi connectivity index (χ0v) is 17.6. The monoisotopic (exact) mass is 416 g/mol. The Morgan fingerprint density at radius 3 is 2.61 bits per heavy atom. The molecule has 1 aliphatic rings.